The van der Waals surface area contributed by atoms with Gasteiger partial charge in [-0.3, -0.25) is 0 Å². The predicted molar refractivity (Wildman–Crippen MR) is 58.0 cm³/mol. The number of alkyl halides is 3. The molecule has 0 bridgehead atoms. The summed E-state index contributed by atoms with van der Waals surface area (Å²) in [4.78, 5) is 0. The minimum absolute atomic E-state index is 0.449. The second-order valence-electron chi connectivity index (χ2n) is 4.07. The van der Waals surface area contributed by atoms with E-state index in [2.05, 4.69) is 0 Å². The lowest BCUT2D eigenvalue weighted by Crippen LogP contribution is -2.42. The highest BCUT2D eigenvalue weighted by atomic mass is 19.4. The van der Waals surface area contributed by atoms with E-state index in [0.29, 0.717) is 12.8 Å². The first-order valence-corrected chi connectivity index (χ1v) is 5.27. The van der Waals surface area contributed by atoms with Crippen LogP contribution in [0, 0.1) is 5.92 Å². The predicted octanol–water partition coefficient (Wildman–Crippen LogP) is 3.14. The number of halogens is 3. The van der Waals surface area contributed by atoms with E-state index in [9.17, 15) is 13.2 Å². The van der Waals surface area contributed by atoms with Crippen LogP contribution in [0.15, 0.2) is 30.3 Å². The van der Waals surface area contributed by atoms with Gasteiger partial charge in [-0.05, 0) is 24.3 Å². The van der Waals surface area contributed by atoms with Crippen molar-refractivity contribution in [3.8, 4) is 0 Å². The Morgan fingerprint density at radius 3 is 2.25 bits per heavy atom. The van der Waals surface area contributed by atoms with Gasteiger partial charge in [0.05, 0.1) is 0 Å². The molecule has 0 aliphatic carbocycles. The SMILES string of the molecule is CC(CCc1ccccc1)C(N)C(F)(F)F. The van der Waals surface area contributed by atoms with Gasteiger partial charge in [-0.2, -0.15) is 13.2 Å². The van der Waals surface area contributed by atoms with Crippen LogP contribution in [0.5, 0.6) is 0 Å². The van der Waals surface area contributed by atoms with Crippen LogP contribution in [0.3, 0.4) is 0 Å². The highest BCUT2D eigenvalue weighted by Crippen LogP contribution is 2.26. The summed E-state index contributed by atoms with van der Waals surface area (Å²) in [5, 5.41) is 0. The van der Waals surface area contributed by atoms with Crippen LogP contribution in [0.2, 0.25) is 0 Å². The average molecular weight is 231 g/mol. The van der Waals surface area contributed by atoms with Gasteiger partial charge in [-0.25, -0.2) is 0 Å². The minimum atomic E-state index is -4.30. The monoisotopic (exact) mass is 231 g/mol. The first kappa shape index (κ1) is 13.0. The summed E-state index contributed by atoms with van der Waals surface area (Å²) in [6.07, 6.45) is -3.22. The molecule has 0 amide bonds. The van der Waals surface area contributed by atoms with Gasteiger partial charge in [-0.15, -0.1) is 0 Å². The lowest BCUT2D eigenvalue weighted by Gasteiger charge is -2.22. The Bertz CT molecular complexity index is 308. The van der Waals surface area contributed by atoms with E-state index in [-0.39, 0.29) is 0 Å². The fourth-order valence-corrected chi connectivity index (χ4v) is 1.54. The quantitative estimate of drug-likeness (QED) is 0.846. The summed E-state index contributed by atoms with van der Waals surface area (Å²) >= 11 is 0. The maximum atomic E-state index is 12.3. The Balaban J connectivity index is 2.44. The molecular weight excluding hydrogens is 215 g/mol. The molecule has 0 aliphatic rings. The average Bonchev–Trinajstić information content (AvgIpc) is 2.25. The molecule has 0 radical (unpaired) electrons. The highest BCUT2D eigenvalue weighted by molar-refractivity contribution is 5.14. The smallest absolute Gasteiger partial charge is 0.320 e. The van der Waals surface area contributed by atoms with Gasteiger partial charge in [0, 0.05) is 0 Å². The van der Waals surface area contributed by atoms with Gasteiger partial charge < -0.3 is 5.73 Å². The molecule has 0 fully saturated rings. The molecule has 0 spiro atoms. The van der Waals surface area contributed by atoms with Crippen LogP contribution in [0.4, 0.5) is 13.2 Å². The van der Waals surface area contributed by atoms with Crippen molar-refractivity contribution in [2.75, 3.05) is 0 Å². The van der Waals surface area contributed by atoms with Gasteiger partial charge in [0.25, 0.3) is 0 Å². The molecule has 1 aromatic rings. The van der Waals surface area contributed by atoms with Crippen molar-refractivity contribution < 1.29 is 13.2 Å². The van der Waals surface area contributed by atoms with Crippen molar-refractivity contribution >= 4 is 0 Å². The van der Waals surface area contributed by atoms with Gasteiger partial charge in [-0.1, -0.05) is 37.3 Å². The molecule has 0 aromatic heterocycles. The summed E-state index contributed by atoms with van der Waals surface area (Å²) in [5.74, 6) is -0.555. The zero-order chi connectivity index (χ0) is 12.2. The topological polar surface area (TPSA) is 26.0 Å². The number of rotatable bonds is 4. The van der Waals surface area contributed by atoms with Crippen molar-refractivity contribution in [1.29, 1.82) is 0 Å². The molecular formula is C12H16F3N. The number of nitrogens with two attached hydrogens (primary N) is 1. The van der Waals surface area contributed by atoms with Crippen LogP contribution in [-0.2, 0) is 6.42 Å². The van der Waals surface area contributed by atoms with Crippen LogP contribution in [0.25, 0.3) is 0 Å². The zero-order valence-corrected chi connectivity index (χ0v) is 9.17. The fourth-order valence-electron chi connectivity index (χ4n) is 1.54. The second-order valence-corrected chi connectivity index (χ2v) is 4.07. The molecule has 2 unspecified atom stereocenters. The standard InChI is InChI=1S/C12H16F3N/c1-9(11(16)12(13,14)15)7-8-10-5-3-2-4-6-10/h2-6,9,11H,7-8,16H2,1H3. The van der Waals surface area contributed by atoms with Crippen LogP contribution < -0.4 is 5.73 Å². The molecule has 90 valence electrons. The van der Waals surface area contributed by atoms with E-state index in [0.717, 1.165) is 5.56 Å². The number of benzene rings is 1. The van der Waals surface area contributed by atoms with E-state index < -0.39 is 18.1 Å². The summed E-state index contributed by atoms with van der Waals surface area (Å²) in [7, 11) is 0. The maximum Gasteiger partial charge on any atom is 0.403 e. The van der Waals surface area contributed by atoms with E-state index in [1.165, 1.54) is 0 Å². The fraction of sp³-hybridized carbons (Fsp3) is 0.500. The Hall–Kier alpha value is -1.03. The third kappa shape index (κ3) is 3.85. The Labute approximate surface area is 93.5 Å². The molecule has 1 nitrogen and oxygen atoms in total. The summed E-state index contributed by atoms with van der Waals surface area (Å²) in [5.41, 5.74) is 6.18. The molecule has 0 saturated heterocycles. The molecule has 0 saturated carbocycles. The second kappa shape index (κ2) is 5.34. The van der Waals surface area contributed by atoms with Crippen molar-refractivity contribution in [3.05, 3.63) is 35.9 Å². The number of hydrogen-bond donors (Lipinski definition) is 1. The normalized spacial score (nSPS) is 15.8. The van der Waals surface area contributed by atoms with Crippen LogP contribution in [-0.4, -0.2) is 12.2 Å². The molecule has 2 N–H and O–H groups in total. The van der Waals surface area contributed by atoms with Gasteiger partial charge in [0.1, 0.15) is 6.04 Å². The van der Waals surface area contributed by atoms with E-state index in [4.69, 9.17) is 5.73 Å². The molecule has 16 heavy (non-hydrogen) atoms. The zero-order valence-electron chi connectivity index (χ0n) is 9.17. The Morgan fingerprint density at radius 2 is 1.75 bits per heavy atom. The molecule has 2 atom stereocenters. The first-order valence-electron chi connectivity index (χ1n) is 5.27. The third-order valence-electron chi connectivity index (χ3n) is 2.72. The van der Waals surface area contributed by atoms with Crippen molar-refractivity contribution in [3.63, 3.8) is 0 Å². The van der Waals surface area contributed by atoms with Gasteiger partial charge in [0.15, 0.2) is 0 Å². The maximum absolute atomic E-state index is 12.3. The van der Waals surface area contributed by atoms with E-state index in [1.807, 2.05) is 30.3 Å². The summed E-state index contributed by atoms with van der Waals surface area (Å²) in [6, 6.07) is 7.73. The number of hydrogen-bond acceptors (Lipinski definition) is 1. The van der Waals surface area contributed by atoms with Crippen LogP contribution in [0.1, 0.15) is 18.9 Å². The van der Waals surface area contributed by atoms with Crippen molar-refractivity contribution in [1.82, 2.24) is 0 Å². The summed E-state index contributed by atoms with van der Waals surface area (Å²) < 4.78 is 36.9. The van der Waals surface area contributed by atoms with Crippen molar-refractivity contribution in [2.45, 2.75) is 32.0 Å². The highest BCUT2D eigenvalue weighted by Gasteiger charge is 2.39. The van der Waals surface area contributed by atoms with Crippen LogP contribution >= 0.6 is 0 Å². The molecule has 0 heterocycles. The lowest BCUT2D eigenvalue weighted by atomic mass is 9.94. The largest absolute Gasteiger partial charge is 0.403 e. The van der Waals surface area contributed by atoms with Gasteiger partial charge >= 0.3 is 6.18 Å². The minimum Gasteiger partial charge on any atom is -0.320 e. The Kier molecular flexibility index (Phi) is 4.35. The third-order valence-corrected chi connectivity index (χ3v) is 2.72. The first-order chi connectivity index (χ1) is 7.41. The number of aryl methyl sites for hydroxylation is 1. The Morgan fingerprint density at radius 1 is 1.19 bits per heavy atom. The summed E-state index contributed by atoms with van der Waals surface area (Å²) in [6.45, 7) is 1.54. The molecule has 4 heteroatoms. The van der Waals surface area contributed by atoms with E-state index in [1.54, 1.807) is 6.92 Å². The molecule has 0 aliphatic heterocycles. The molecule has 1 aromatic carbocycles. The lowest BCUT2D eigenvalue weighted by molar-refractivity contribution is -0.158. The van der Waals surface area contributed by atoms with E-state index >= 15 is 0 Å². The van der Waals surface area contributed by atoms with Gasteiger partial charge in [0.2, 0.25) is 0 Å². The molecule has 1 rings (SSSR count). The van der Waals surface area contributed by atoms with Crippen molar-refractivity contribution in [2.24, 2.45) is 11.7 Å².